The van der Waals surface area contributed by atoms with Crippen molar-refractivity contribution in [2.75, 3.05) is 5.32 Å². The summed E-state index contributed by atoms with van der Waals surface area (Å²) in [7, 11) is 0. The largest absolute Gasteiger partial charge is 0.450 e. The molecule has 6 heteroatoms. The van der Waals surface area contributed by atoms with Gasteiger partial charge in [0.15, 0.2) is 5.60 Å². The van der Waals surface area contributed by atoms with E-state index in [1.54, 1.807) is 13.8 Å². The first-order chi connectivity index (χ1) is 7.86. The molecule has 94 valence electrons. The predicted octanol–water partition coefficient (Wildman–Crippen LogP) is 1.49. The molecule has 1 aromatic heterocycles. The van der Waals surface area contributed by atoms with Crippen LogP contribution in [0.25, 0.3) is 0 Å². The van der Waals surface area contributed by atoms with Gasteiger partial charge in [-0.05, 0) is 25.3 Å². The zero-order chi connectivity index (χ0) is 13.1. The molecule has 0 saturated carbocycles. The van der Waals surface area contributed by atoms with Crippen LogP contribution in [0.3, 0.4) is 0 Å². The lowest BCUT2D eigenvalue weighted by Crippen LogP contribution is -2.41. The number of nitrogens with two attached hydrogens (primary N) is 1. The van der Waals surface area contributed by atoms with Crippen molar-refractivity contribution >= 4 is 28.2 Å². The average Bonchev–Trinajstić information content (AvgIpc) is 2.63. The van der Waals surface area contributed by atoms with E-state index in [0.29, 0.717) is 11.5 Å². The number of anilines is 1. The maximum absolute atomic E-state index is 11.9. The summed E-state index contributed by atoms with van der Waals surface area (Å²) in [5.41, 5.74) is 5.20. The second-order valence-electron chi connectivity index (χ2n) is 4.04. The number of thiophene rings is 1. The summed E-state index contributed by atoms with van der Waals surface area (Å²) in [4.78, 5) is 22.8. The standard InChI is InChI=1S/C11H16N2O3S/c1-7(14)16-11(2,3)10(15)13-9-8(6-12)4-5-17-9/h4-5H,6,12H2,1-3H3,(H,13,15). The van der Waals surface area contributed by atoms with Crippen molar-refractivity contribution in [3.8, 4) is 0 Å². The topological polar surface area (TPSA) is 81.4 Å². The summed E-state index contributed by atoms with van der Waals surface area (Å²) in [6.45, 7) is 4.71. The van der Waals surface area contributed by atoms with Crippen LogP contribution in [-0.4, -0.2) is 17.5 Å². The lowest BCUT2D eigenvalue weighted by Gasteiger charge is -2.23. The van der Waals surface area contributed by atoms with Gasteiger partial charge in [0.25, 0.3) is 5.91 Å². The van der Waals surface area contributed by atoms with Gasteiger partial charge in [-0.15, -0.1) is 11.3 Å². The van der Waals surface area contributed by atoms with Crippen LogP contribution in [0.4, 0.5) is 5.00 Å². The number of amides is 1. The molecular weight excluding hydrogens is 240 g/mol. The third-order valence-electron chi connectivity index (χ3n) is 2.14. The van der Waals surface area contributed by atoms with E-state index in [1.165, 1.54) is 18.3 Å². The molecule has 0 aliphatic rings. The normalized spacial score (nSPS) is 11.1. The molecule has 0 fully saturated rings. The van der Waals surface area contributed by atoms with Crippen molar-refractivity contribution in [1.82, 2.24) is 0 Å². The Morgan fingerprint density at radius 1 is 1.53 bits per heavy atom. The molecule has 17 heavy (non-hydrogen) atoms. The van der Waals surface area contributed by atoms with Gasteiger partial charge >= 0.3 is 5.97 Å². The molecule has 0 aromatic carbocycles. The van der Waals surface area contributed by atoms with Gasteiger partial charge in [-0.25, -0.2) is 0 Å². The Balaban J connectivity index is 2.75. The summed E-state index contributed by atoms with van der Waals surface area (Å²) < 4.78 is 4.94. The molecule has 0 saturated heterocycles. The van der Waals surface area contributed by atoms with Gasteiger partial charge in [0.2, 0.25) is 0 Å². The third-order valence-corrected chi connectivity index (χ3v) is 3.01. The summed E-state index contributed by atoms with van der Waals surface area (Å²) in [5, 5.41) is 5.25. The Hall–Kier alpha value is -1.40. The summed E-state index contributed by atoms with van der Waals surface area (Å²) in [6, 6.07) is 1.85. The zero-order valence-corrected chi connectivity index (χ0v) is 10.9. The van der Waals surface area contributed by atoms with Crippen LogP contribution in [0.2, 0.25) is 0 Å². The molecule has 0 aliphatic carbocycles. The highest BCUT2D eigenvalue weighted by atomic mass is 32.1. The highest BCUT2D eigenvalue weighted by Crippen LogP contribution is 2.24. The van der Waals surface area contributed by atoms with Crippen LogP contribution < -0.4 is 11.1 Å². The maximum atomic E-state index is 11.9. The fraction of sp³-hybridized carbons (Fsp3) is 0.455. The smallest absolute Gasteiger partial charge is 0.303 e. The molecule has 0 atom stereocenters. The van der Waals surface area contributed by atoms with Gasteiger partial charge in [-0.1, -0.05) is 0 Å². The lowest BCUT2D eigenvalue weighted by molar-refractivity contribution is -0.160. The van der Waals surface area contributed by atoms with Gasteiger partial charge in [-0.2, -0.15) is 0 Å². The number of nitrogens with one attached hydrogen (secondary N) is 1. The van der Waals surface area contributed by atoms with Gasteiger partial charge in [0.1, 0.15) is 0 Å². The molecule has 1 amide bonds. The Morgan fingerprint density at radius 2 is 2.18 bits per heavy atom. The Labute approximate surface area is 104 Å². The molecule has 0 aliphatic heterocycles. The monoisotopic (exact) mass is 256 g/mol. The highest BCUT2D eigenvalue weighted by Gasteiger charge is 2.31. The fourth-order valence-corrected chi connectivity index (χ4v) is 2.09. The first kappa shape index (κ1) is 13.7. The van der Waals surface area contributed by atoms with Crippen LogP contribution >= 0.6 is 11.3 Å². The highest BCUT2D eigenvalue weighted by molar-refractivity contribution is 7.14. The van der Waals surface area contributed by atoms with Gasteiger partial charge in [0, 0.05) is 19.0 Å². The molecule has 0 unspecified atom stereocenters. The number of hydrogen-bond donors (Lipinski definition) is 2. The predicted molar refractivity (Wildman–Crippen MR) is 66.7 cm³/mol. The molecule has 1 aromatic rings. The van der Waals surface area contributed by atoms with E-state index in [4.69, 9.17) is 10.5 Å². The molecule has 0 spiro atoms. The Bertz CT molecular complexity index is 426. The van der Waals surface area contributed by atoms with Gasteiger partial charge in [-0.3, -0.25) is 9.59 Å². The van der Waals surface area contributed by atoms with Crippen LogP contribution in [0.15, 0.2) is 11.4 Å². The van der Waals surface area contributed by atoms with E-state index in [9.17, 15) is 9.59 Å². The van der Waals surface area contributed by atoms with Gasteiger partial charge in [0.05, 0.1) is 5.00 Å². The zero-order valence-electron chi connectivity index (χ0n) is 10.1. The number of hydrogen-bond acceptors (Lipinski definition) is 5. The Kier molecular flexibility index (Phi) is 4.25. The van der Waals surface area contributed by atoms with E-state index in [-0.39, 0.29) is 5.91 Å². The van der Waals surface area contributed by atoms with E-state index in [0.717, 1.165) is 5.56 Å². The molecule has 0 bridgehead atoms. The van der Waals surface area contributed by atoms with Crippen LogP contribution in [0.5, 0.6) is 0 Å². The number of rotatable bonds is 4. The fourth-order valence-electron chi connectivity index (χ4n) is 1.27. The number of esters is 1. The molecule has 5 nitrogen and oxygen atoms in total. The average molecular weight is 256 g/mol. The first-order valence-corrected chi connectivity index (χ1v) is 6.02. The SMILES string of the molecule is CC(=O)OC(C)(C)C(=O)Nc1sccc1CN. The second-order valence-corrected chi connectivity index (χ2v) is 4.95. The minimum Gasteiger partial charge on any atom is -0.450 e. The van der Waals surface area contributed by atoms with E-state index in [2.05, 4.69) is 5.32 Å². The minimum absolute atomic E-state index is 0.354. The van der Waals surface area contributed by atoms with Crippen molar-refractivity contribution in [3.63, 3.8) is 0 Å². The van der Waals surface area contributed by atoms with E-state index in [1.807, 2.05) is 11.4 Å². The molecule has 0 radical (unpaired) electrons. The van der Waals surface area contributed by atoms with Crippen LogP contribution in [0.1, 0.15) is 26.3 Å². The van der Waals surface area contributed by atoms with E-state index >= 15 is 0 Å². The van der Waals surface area contributed by atoms with Crippen LogP contribution in [-0.2, 0) is 20.9 Å². The van der Waals surface area contributed by atoms with Crippen molar-refractivity contribution in [2.24, 2.45) is 5.73 Å². The summed E-state index contributed by atoms with van der Waals surface area (Å²) in [6.07, 6.45) is 0. The van der Waals surface area contributed by atoms with Crippen molar-refractivity contribution in [1.29, 1.82) is 0 Å². The molecule has 3 N–H and O–H groups in total. The van der Waals surface area contributed by atoms with Crippen molar-refractivity contribution < 1.29 is 14.3 Å². The molecule has 1 heterocycles. The maximum Gasteiger partial charge on any atom is 0.303 e. The molecule has 1 rings (SSSR count). The molecular formula is C11H16N2O3S. The first-order valence-electron chi connectivity index (χ1n) is 5.14. The van der Waals surface area contributed by atoms with E-state index < -0.39 is 11.6 Å². The number of ether oxygens (including phenoxy) is 1. The van der Waals surface area contributed by atoms with Crippen molar-refractivity contribution in [3.05, 3.63) is 17.0 Å². The minimum atomic E-state index is -1.19. The second kappa shape index (κ2) is 5.29. The third kappa shape index (κ3) is 3.54. The van der Waals surface area contributed by atoms with Crippen molar-refractivity contribution in [2.45, 2.75) is 32.9 Å². The van der Waals surface area contributed by atoms with Crippen LogP contribution in [0, 0.1) is 0 Å². The lowest BCUT2D eigenvalue weighted by atomic mass is 10.1. The quantitative estimate of drug-likeness (QED) is 0.800. The number of carbonyl (C=O) groups is 2. The summed E-state index contributed by atoms with van der Waals surface area (Å²) in [5.74, 6) is -0.861. The number of carbonyl (C=O) groups excluding carboxylic acids is 2. The van der Waals surface area contributed by atoms with Gasteiger partial charge < -0.3 is 15.8 Å². The summed E-state index contributed by atoms with van der Waals surface area (Å²) >= 11 is 1.39. The Morgan fingerprint density at radius 3 is 2.71 bits per heavy atom.